The van der Waals surface area contributed by atoms with E-state index in [-0.39, 0.29) is 17.1 Å². The van der Waals surface area contributed by atoms with Gasteiger partial charge in [-0.25, -0.2) is 9.18 Å². The zero-order chi connectivity index (χ0) is 17.5. The second-order valence-electron chi connectivity index (χ2n) is 5.66. The highest BCUT2D eigenvalue weighted by Crippen LogP contribution is 2.32. The van der Waals surface area contributed by atoms with Crippen LogP contribution in [0.2, 0.25) is 5.02 Å². The molecule has 1 aliphatic heterocycles. The normalized spacial score (nSPS) is 20.4. The van der Waals surface area contributed by atoms with Crippen molar-refractivity contribution in [3.8, 4) is 0 Å². The number of carbonyl (C=O) groups excluding carboxylic acids is 2. The summed E-state index contributed by atoms with van der Waals surface area (Å²) in [5.74, 6) is -1.01. The number of carbonyl (C=O) groups is 2. The quantitative estimate of drug-likeness (QED) is 0.769. The number of benzene rings is 2. The Morgan fingerprint density at radius 3 is 2.62 bits per heavy atom. The van der Waals surface area contributed by atoms with E-state index in [1.807, 2.05) is 6.07 Å². The van der Waals surface area contributed by atoms with Gasteiger partial charge < -0.3 is 5.32 Å². The fraction of sp³-hybridized carbons (Fsp3) is 0.176. The molecule has 24 heavy (non-hydrogen) atoms. The van der Waals surface area contributed by atoms with Crippen molar-refractivity contribution in [3.05, 3.63) is 68.9 Å². The van der Waals surface area contributed by atoms with Crippen molar-refractivity contribution in [2.24, 2.45) is 0 Å². The molecule has 1 aliphatic rings. The number of urea groups is 1. The number of imide groups is 1. The summed E-state index contributed by atoms with van der Waals surface area (Å²) in [6, 6.07) is 10.8. The summed E-state index contributed by atoms with van der Waals surface area (Å²) in [5, 5.41) is 2.86. The van der Waals surface area contributed by atoms with Crippen molar-refractivity contribution in [1.82, 2.24) is 10.2 Å². The third-order valence-electron chi connectivity index (χ3n) is 4.05. The van der Waals surface area contributed by atoms with Gasteiger partial charge in [-0.05, 0) is 36.8 Å². The number of amides is 3. The molecule has 0 spiro atoms. The van der Waals surface area contributed by atoms with E-state index in [1.54, 1.807) is 25.1 Å². The highest BCUT2D eigenvalue weighted by atomic mass is 79.9. The standard InChI is InChI=1S/C17H13BrClFN2O2/c1-17(10-4-2-5-11(18)8-10)15(23)22(16(24)21-17)9-12-13(19)6-3-7-14(12)20/h2-8H,9H2,1H3,(H,21,24)/t17-/m0/s1. The molecule has 1 saturated heterocycles. The Bertz CT molecular complexity index is 825. The van der Waals surface area contributed by atoms with Gasteiger partial charge in [-0.2, -0.15) is 0 Å². The Morgan fingerprint density at radius 2 is 1.96 bits per heavy atom. The molecule has 0 bridgehead atoms. The summed E-state index contributed by atoms with van der Waals surface area (Å²) in [6.07, 6.45) is 0. The van der Waals surface area contributed by atoms with Crippen molar-refractivity contribution in [1.29, 1.82) is 0 Å². The smallest absolute Gasteiger partial charge is 0.319 e. The lowest BCUT2D eigenvalue weighted by molar-refractivity contribution is -0.131. The third-order valence-corrected chi connectivity index (χ3v) is 4.90. The molecule has 124 valence electrons. The second kappa shape index (κ2) is 6.18. The molecule has 3 amide bonds. The van der Waals surface area contributed by atoms with Crippen molar-refractivity contribution in [2.45, 2.75) is 19.0 Å². The Kier molecular flexibility index (Phi) is 4.36. The summed E-state index contributed by atoms with van der Waals surface area (Å²) in [5.41, 5.74) is -0.461. The van der Waals surface area contributed by atoms with Gasteiger partial charge in [0.15, 0.2) is 0 Å². The van der Waals surface area contributed by atoms with Crippen LogP contribution in [0, 0.1) is 5.82 Å². The van der Waals surface area contributed by atoms with Crippen molar-refractivity contribution < 1.29 is 14.0 Å². The van der Waals surface area contributed by atoms with E-state index in [9.17, 15) is 14.0 Å². The number of nitrogens with one attached hydrogen (secondary N) is 1. The van der Waals surface area contributed by atoms with Crippen LogP contribution in [0.3, 0.4) is 0 Å². The zero-order valence-electron chi connectivity index (χ0n) is 12.6. The van der Waals surface area contributed by atoms with Gasteiger partial charge in [0.1, 0.15) is 11.4 Å². The lowest BCUT2D eigenvalue weighted by atomic mass is 9.92. The molecule has 0 saturated carbocycles. The zero-order valence-corrected chi connectivity index (χ0v) is 15.0. The number of nitrogens with zero attached hydrogens (tertiary/aromatic N) is 1. The molecule has 4 nitrogen and oxygen atoms in total. The highest BCUT2D eigenvalue weighted by molar-refractivity contribution is 9.10. The average molecular weight is 412 g/mol. The van der Waals surface area contributed by atoms with Gasteiger partial charge in [-0.3, -0.25) is 9.69 Å². The highest BCUT2D eigenvalue weighted by Gasteiger charge is 2.49. The van der Waals surface area contributed by atoms with Crippen LogP contribution in [-0.2, 0) is 16.9 Å². The van der Waals surface area contributed by atoms with E-state index in [2.05, 4.69) is 21.2 Å². The number of hydrogen-bond acceptors (Lipinski definition) is 2. The maximum atomic E-state index is 14.0. The van der Waals surface area contributed by atoms with Crippen LogP contribution in [0.1, 0.15) is 18.1 Å². The van der Waals surface area contributed by atoms with Gasteiger partial charge in [0.05, 0.1) is 6.54 Å². The Labute approximate surface area is 151 Å². The molecule has 1 fully saturated rings. The van der Waals surface area contributed by atoms with E-state index in [0.717, 1.165) is 9.37 Å². The lowest BCUT2D eigenvalue weighted by Gasteiger charge is -2.22. The van der Waals surface area contributed by atoms with E-state index >= 15 is 0 Å². The second-order valence-corrected chi connectivity index (χ2v) is 6.98. The summed E-state index contributed by atoms with van der Waals surface area (Å²) < 4.78 is 14.8. The van der Waals surface area contributed by atoms with Gasteiger partial charge in [-0.15, -0.1) is 0 Å². The first-order valence-electron chi connectivity index (χ1n) is 7.16. The van der Waals surface area contributed by atoms with Crippen molar-refractivity contribution >= 4 is 39.5 Å². The topological polar surface area (TPSA) is 49.4 Å². The molecule has 0 radical (unpaired) electrons. The van der Waals surface area contributed by atoms with Crippen molar-refractivity contribution in [2.75, 3.05) is 0 Å². The van der Waals surface area contributed by atoms with E-state index < -0.39 is 23.3 Å². The predicted octanol–water partition coefficient (Wildman–Crippen LogP) is 4.21. The summed E-state index contributed by atoms with van der Waals surface area (Å²) in [7, 11) is 0. The minimum Gasteiger partial charge on any atom is -0.319 e. The van der Waals surface area contributed by atoms with E-state index in [4.69, 9.17) is 11.6 Å². The maximum Gasteiger partial charge on any atom is 0.325 e. The number of halogens is 3. The first-order chi connectivity index (χ1) is 11.3. The fourth-order valence-corrected chi connectivity index (χ4v) is 3.30. The van der Waals surface area contributed by atoms with E-state index in [0.29, 0.717) is 5.56 Å². The molecular weight excluding hydrogens is 399 g/mol. The van der Waals surface area contributed by atoms with Gasteiger partial charge in [0, 0.05) is 15.1 Å². The molecule has 0 aliphatic carbocycles. The van der Waals surface area contributed by atoms with Gasteiger partial charge in [0.25, 0.3) is 5.91 Å². The summed E-state index contributed by atoms with van der Waals surface area (Å²) >= 11 is 9.35. The number of hydrogen-bond donors (Lipinski definition) is 1. The molecule has 0 unspecified atom stereocenters. The minimum atomic E-state index is -1.21. The molecule has 1 heterocycles. The maximum absolute atomic E-state index is 14.0. The Balaban J connectivity index is 1.95. The van der Waals surface area contributed by atoms with Gasteiger partial charge >= 0.3 is 6.03 Å². The third kappa shape index (κ3) is 2.80. The monoisotopic (exact) mass is 410 g/mol. The van der Waals surface area contributed by atoms with E-state index in [1.165, 1.54) is 18.2 Å². The lowest BCUT2D eigenvalue weighted by Crippen LogP contribution is -2.40. The summed E-state index contributed by atoms with van der Waals surface area (Å²) in [6.45, 7) is 1.40. The van der Waals surface area contributed by atoms with Gasteiger partial charge in [-0.1, -0.05) is 45.7 Å². The minimum absolute atomic E-state index is 0.112. The molecule has 2 aromatic rings. The Morgan fingerprint density at radius 1 is 1.25 bits per heavy atom. The summed E-state index contributed by atoms with van der Waals surface area (Å²) in [4.78, 5) is 26.1. The van der Waals surface area contributed by atoms with Crippen LogP contribution in [0.5, 0.6) is 0 Å². The molecule has 1 atom stereocenters. The first-order valence-corrected chi connectivity index (χ1v) is 8.33. The first kappa shape index (κ1) is 16.9. The molecule has 0 aromatic heterocycles. The SMILES string of the molecule is C[C@@]1(c2cccc(Br)c2)NC(=O)N(Cc2c(F)cccc2Cl)C1=O. The van der Waals surface area contributed by atoms with Crippen LogP contribution < -0.4 is 5.32 Å². The Hall–Kier alpha value is -1.92. The molecular formula is C17H13BrClFN2O2. The van der Waals surface area contributed by atoms with Crippen molar-refractivity contribution in [3.63, 3.8) is 0 Å². The van der Waals surface area contributed by atoms with Crippen LogP contribution >= 0.6 is 27.5 Å². The fourth-order valence-electron chi connectivity index (χ4n) is 2.68. The molecule has 2 aromatic carbocycles. The van der Waals surface area contributed by atoms with Crippen LogP contribution in [0.4, 0.5) is 9.18 Å². The largest absolute Gasteiger partial charge is 0.325 e. The van der Waals surface area contributed by atoms with Crippen LogP contribution in [-0.4, -0.2) is 16.8 Å². The average Bonchev–Trinajstić information content (AvgIpc) is 2.75. The predicted molar refractivity (Wildman–Crippen MR) is 92.0 cm³/mol. The van der Waals surface area contributed by atoms with Gasteiger partial charge in [0.2, 0.25) is 0 Å². The molecule has 3 rings (SSSR count). The van der Waals surface area contributed by atoms with Crippen LogP contribution in [0.15, 0.2) is 46.9 Å². The molecule has 1 N–H and O–H groups in total. The molecule has 7 heteroatoms. The number of rotatable bonds is 3. The van der Waals surface area contributed by atoms with Crippen LogP contribution in [0.25, 0.3) is 0 Å².